The van der Waals surface area contributed by atoms with Crippen molar-refractivity contribution in [2.45, 2.75) is 25.8 Å². The molecule has 78 valence electrons. The van der Waals surface area contributed by atoms with Crippen LogP contribution >= 0.6 is 0 Å². The van der Waals surface area contributed by atoms with Gasteiger partial charge in [0.15, 0.2) is 0 Å². The SMILES string of the molecule is Cc1cn(C)nc1C(N)CCC(=O)O. The van der Waals surface area contributed by atoms with Gasteiger partial charge in [0.25, 0.3) is 0 Å². The lowest BCUT2D eigenvalue weighted by Crippen LogP contribution is -2.14. The molecule has 3 N–H and O–H groups in total. The largest absolute Gasteiger partial charge is 0.481 e. The van der Waals surface area contributed by atoms with Gasteiger partial charge in [0, 0.05) is 25.7 Å². The maximum absolute atomic E-state index is 10.3. The summed E-state index contributed by atoms with van der Waals surface area (Å²) in [4.78, 5) is 10.3. The molecule has 1 aromatic heterocycles. The third-order valence-electron chi connectivity index (χ3n) is 2.07. The molecule has 14 heavy (non-hydrogen) atoms. The molecule has 0 bridgehead atoms. The van der Waals surface area contributed by atoms with E-state index >= 15 is 0 Å². The summed E-state index contributed by atoms with van der Waals surface area (Å²) in [5.41, 5.74) is 7.61. The molecule has 5 nitrogen and oxygen atoms in total. The number of carbonyl (C=O) groups is 1. The summed E-state index contributed by atoms with van der Waals surface area (Å²) in [6, 6.07) is -0.285. The standard InChI is InChI=1S/C9H15N3O2/c1-6-5-12(2)11-9(6)7(10)3-4-8(13)14/h5,7H,3-4,10H2,1-2H3,(H,13,14). The molecule has 1 heterocycles. The lowest BCUT2D eigenvalue weighted by molar-refractivity contribution is -0.137. The Hall–Kier alpha value is -1.36. The predicted octanol–water partition coefficient (Wildman–Crippen LogP) is 0.593. The summed E-state index contributed by atoms with van der Waals surface area (Å²) < 4.78 is 1.69. The van der Waals surface area contributed by atoms with E-state index in [2.05, 4.69) is 5.10 Å². The molecule has 0 spiro atoms. The molecule has 0 saturated heterocycles. The van der Waals surface area contributed by atoms with Crippen molar-refractivity contribution in [1.82, 2.24) is 9.78 Å². The molecule has 5 heteroatoms. The molecule has 1 unspecified atom stereocenters. The second-order valence-electron chi connectivity index (χ2n) is 3.41. The lowest BCUT2D eigenvalue weighted by Gasteiger charge is -2.07. The van der Waals surface area contributed by atoms with Gasteiger partial charge in [-0.15, -0.1) is 0 Å². The van der Waals surface area contributed by atoms with E-state index in [1.54, 1.807) is 4.68 Å². The Morgan fingerprint density at radius 2 is 2.43 bits per heavy atom. The summed E-state index contributed by atoms with van der Waals surface area (Å²) in [6.07, 6.45) is 2.38. The van der Waals surface area contributed by atoms with Gasteiger partial charge in [-0.05, 0) is 18.9 Å². The Labute approximate surface area is 82.5 Å². The fourth-order valence-corrected chi connectivity index (χ4v) is 1.41. The van der Waals surface area contributed by atoms with Crippen LogP contribution in [0.5, 0.6) is 0 Å². The van der Waals surface area contributed by atoms with Crippen molar-refractivity contribution < 1.29 is 9.90 Å². The van der Waals surface area contributed by atoms with Crippen molar-refractivity contribution in [2.24, 2.45) is 12.8 Å². The van der Waals surface area contributed by atoms with Crippen LogP contribution < -0.4 is 5.73 Å². The number of hydrogen-bond donors (Lipinski definition) is 2. The number of nitrogens with two attached hydrogens (primary N) is 1. The molecular formula is C9H15N3O2. The van der Waals surface area contributed by atoms with Gasteiger partial charge in [0.05, 0.1) is 5.69 Å². The molecule has 0 aliphatic heterocycles. The summed E-state index contributed by atoms with van der Waals surface area (Å²) >= 11 is 0. The number of rotatable bonds is 4. The minimum absolute atomic E-state index is 0.0805. The minimum Gasteiger partial charge on any atom is -0.481 e. The van der Waals surface area contributed by atoms with Gasteiger partial charge < -0.3 is 10.8 Å². The Morgan fingerprint density at radius 3 is 2.86 bits per heavy atom. The molecule has 0 aromatic carbocycles. The highest BCUT2D eigenvalue weighted by molar-refractivity contribution is 5.66. The Kier molecular flexibility index (Phi) is 3.24. The number of aliphatic carboxylic acids is 1. The summed E-state index contributed by atoms with van der Waals surface area (Å²) in [5.74, 6) is -0.825. The first-order valence-corrected chi connectivity index (χ1v) is 4.48. The smallest absolute Gasteiger partial charge is 0.303 e. The van der Waals surface area contributed by atoms with E-state index in [9.17, 15) is 4.79 Å². The highest BCUT2D eigenvalue weighted by atomic mass is 16.4. The summed E-state index contributed by atoms with van der Waals surface area (Å²) in [5, 5.41) is 12.7. The monoisotopic (exact) mass is 197 g/mol. The average molecular weight is 197 g/mol. The molecule has 0 aliphatic rings. The normalized spacial score (nSPS) is 12.8. The Morgan fingerprint density at radius 1 is 1.79 bits per heavy atom. The number of aryl methyl sites for hydroxylation is 2. The molecule has 0 saturated carbocycles. The van der Waals surface area contributed by atoms with Crippen LogP contribution in [0.4, 0.5) is 0 Å². The van der Waals surface area contributed by atoms with E-state index in [1.807, 2.05) is 20.2 Å². The van der Waals surface area contributed by atoms with Crippen molar-refractivity contribution >= 4 is 5.97 Å². The fraction of sp³-hybridized carbons (Fsp3) is 0.556. The van der Waals surface area contributed by atoms with E-state index in [-0.39, 0.29) is 12.5 Å². The quantitative estimate of drug-likeness (QED) is 0.740. The highest BCUT2D eigenvalue weighted by Crippen LogP contribution is 2.17. The van der Waals surface area contributed by atoms with Gasteiger partial charge in [0.1, 0.15) is 0 Å². The van der Waals surface area contributed by atoms with Crippen LogP contribution in [-0.4, -0.2) is 20.9 Å². The molecule has 1 aromatic rings. The zero-order valence-corrected chi connectivity index (χ0v) is 8.40. The second-order valence-corrected chi connectivity index (χ2v) is 3.41. The van der Waals surface area contributed by atoms with E-state index < -0.39 is 5.97 Å². The van der Waals surface area contributed by atoms with Crippen molar-refractivity contribution in [3.63, 3.8) is 0 Å². The minimum atomic E-state index is -0.825. The second kappa shape index (κ2) is 4.23. The first-order chi connectivity index (χ1) is 6.50. The molecule has 0 aliphatic carbocycles. The van der Waals surface area contributed by atoms with E-state index in [1.165, 1.54) is 0 Å². The first-order valence-electron chi connectivity index (χ1n) is 4.48. The third-order valence-corrected chi connectivity index (χ3v) is 2.07. The number of aromatic nitrogens is 2. The van der Waals surface area contributed by atoms with Gasteiger partial charge in [-0.2, -0.15) is 5.10 Å². The predicted molar refractivity (Wildman–Crippen MR) is 51.7 cm³/mol. The summed E-state index contributed by atoms with van der Waals surface area (Å²) in [6.45, 7) is 1.92. The maximum Gasteiger partial charge on any atom is 0.303 e. The van der Waals surface area contributed by atoms with Crippen LogP contribution in [0.25, 0.3) is 0 Å². The van der Waals surface area contributed by atoms with Crippen LogP contribution in [0.3, 0.4) is 0 Å². The van der Waals surface area contributed by atoms with Crippen molar-refractivity contribution in [2.75, 3.05) is 0 Å². The Bertz CT molecular complexity index is 333. The van der Waals surface area contributed by atoms with Crippen LogP contribution in [-0.2, 0) is 11.8 Å². The van der Waals surface area contributed by atoms with Gasteiger partial charge >= 0.3 is 5.97 Å². The average Bonchev–Trinajstić information content (AvgIpc) is 2.41. The van der Waals surface area contributed by atoms with Crippen molar-refractivity contribution in [1.29, 1.82) is 0 Å². The van der Waals surface area contributed by atoms with E-state index in [4.69, 9.17) is 10.8 Å². The van der Waals surface area contributed by atoms with E-state index in [0.29, 0.717) is 6.42 Å². The Balaban J connectivity index is 2.64. The summed E-state index contributed by atoms with van der Waals surface area (Å²) in [7, 11) is 1.82. The lowest BCUT2D eigenvalue weighted by atomic mass is 10.1. The van der Waals surface area contributed by atoms with E-state index in [0.717, 1.165) is 11.3 Å². The third kappa shape index (κ3) is 2.56. The molecule has 0 amide bonds. The van der Waals surface area contributed by atoms with Gasteiger partial charge in [0.2, 0.25) is 0 Å². The molecular weight excluding hydrogens is 182 g/mol. The van der Waals surface area contributed by atoms with Crippen LogP contribution in [0.2, 0.25) is 0 Å². The zero-order valence-electron chi connectivity index (χ0n) is 8.40. The molecule has 1 atom stereocenters. The first kappa shape index (κ1) is 10.7. The number of carboxylic acids is 1. The number of carboxylic acid groups (broad SMARTS) is 1. The van der Waals surface area contributed by atoms with Crippen LogP contribution in [0.1, 0.15) is 30.1 Å². The number of hydrogen-bond acceptors (Lipinski definition) is 3. The van der Waals surface area contributed by atoms with Crippen LogP contribution in [0, 0.1) is 6.92 Å². The van der Waals surface area contributed by atoms with Gasteiger partial charge in [-0.25, -0.2) is 0 Å². The number of nitrogens with zero attached hydrogens (tertiary/aromatic N) is 2. The molecule has 0 fully saturated rings. The topological polar surface area (TPSA) is 81.1 Å². The fourth-order valence-electron chi connectivity index (χ4n) is 1.41. The van der Waals surface area contributed by atoms with Crippen molar-refractivity contribution in [3.05, 3.63) is 17.5 Å². The van der Waals surface area contributed by atoms with Gasteiger partial charge in [-0.1, -0.05) is 0 Å². The molecule has 1 rings (SSSR count). The van der Waals surface area contributed by atoms with Gasteiger partial charge in [-0.3, -0.25) is 9.48 Å². The maximum atomic E-state index is 10.3. The van der Waals surface area contributed by atoms with Crippen LogP contribution in [0.15, 0.2) is 6.20 Å². The molecule has 0 radical (unpaired) electrons. The van der Waals surface area contributed by atoms with Crippen molar-refractivity contribution in [3.8, 4) is 0 Å². The zero-order chi connectivity index (χ0) is 10.7. The highest BCUT2D eigenvalue weighted by Gasteiger charge is 2.13.